The maximum Gasteiger partial charge on any atom is 0.244 e. The lowest BCUT2D eigenvalue weighted by molar-refractivity contribution is 0.200. The van der Waals surface area contributed by atoms with Crippen LogP contribution in [0.5, 0.6) is 5.88 Å². The number of hydrogen-bond donors (Lipinski definition) is 2. The molecule has 0 radical (unpaired) electrons. The summed E-state index contributed by atoms with van der Waals surface area (Å²) in [6, 6.07) is 0. The number of rotatable bonds is 5. The summed E-state index contributed by atoms with van der Waals surface area (Å²) in [5, 5.41) is 7.32. The van der Waals surface area contributed by atoms with Crippen LogP contribution in [0.2, 0.25) is 0 Å². The zero-order valence-corrected chi connectivity index (χ0v) is 9.03. The van der Waals surface area contributed by atoms with Gasteiger partial charge in [0.1, 0.15) is 5.84 Å². The van der Waals surface area contributed by atoms with Crippen molar-refractivity contribution >= 4 is 5.84 Å². The molecule has 1 unspecified atom stereocenters. The average Bonchev–Trinajstić information content (AvgIpc) is 2.18. The predicted molar refractivity (Wildman–Crippen MR) is 58.0 cm³/mol. The van der Waals surface area contributed by atoms with Gasteiger partial charge in [-0.3, -0.25) is 5.41 Å². The van der Waals surface area contributed by atoms with E-state index in [1.54, 1.807) is 0 Å². The normalized spacial score (nSPS) is 12.1. The summed E-state index contributed by atoms with van der Waals surface area (Å²) in [6.45, 7) is 4.05. The SMILES string of the molecule is CCCC(C)Oc1nccnc1C(=N)N. The fourth-order valence-electron chi connectivity index (χ4n) is 1.25. The summed E-state index contributed by atoms with van der Waals surface area (Å²) in [4.78, 5) is 7.97. The highest BCUT2D eigenvalue weighted by Gasteiger charge is 2.11. The lowest BCUT2D eigenvalue weighted by Gasteiger charge is -2.14. The number of nitrogens with one attached hydrogen (secondary N) is 1. The van der Waals surface area contributed by atoms with E-state index in [1.807, 2.05) is 6.92 Å². The standard InChI is InChI=1S/C10H16N4O/c1-3-4-7(2)15-10-8(9(11)12)13-5-6-14-10/h5-7H,3-4H2,1-2H3,(H3,11,12). The van der Waals surface area contributed by atoms with Gasteiger partial charge in [0.25, 0.3) is 0 Å². The van der Waals surface area contributed by atoms with Crippen molar-refractivity contribution in [2.24, 2.45) is 5.73 Å². The smallest absolute Gasteiger partial charge is 0.244 e. The molecule has 0 aliphatic rings. The van der Waals surface area contributed by atoms with Crippen molar-refractivity contribution in [3.8, 4) is 5.88 Å². The summed E-state index contributed by atoms with van der Waals surface area (Å²) in [5.41, 5.74) is 5.67. The van der Waals surface area contributed by atoms with Crippen LogP contribution in [0.4, 0.5) is 0 Å². The fraction of sp³-hybridized carbons (Fsp3) is 0.500. The quantitative estimate of drug-likeness (QED) is 0.564. The van der Waals surface area contributed by atoms with Gasteiger partial charge in [0, 0.05) is 12.4 Å². The Bertz CT molecular complexity index is 340. The van der Waals surface area contributed by atoms with Crippen molar-refractivity contribution in [2.75, 3.05) is 0 Å². The van der Waals surface area contributed by atoms with Crippen LogP contribution in [0.1, 0.15) is 32.4 Å². The van der Waals surface area contributed by atoms with Crippen molar-refractivity contribution < 1.29 is 4.74 Å². The summed E-state index contributed by atoms with van der Waals surface area (Å²) in [7, 11) is 0. The Morgan fingerprint density at radius 2 is 2.20 bits per heavy atom. The van der Waals surface area contributed by atoms with Crippen LogP contribution in [0.25, 0.3) is 0 Å². The van der Waals surface area contributed by atoms with Crippen LogP contribution >= 0.6 is 0 Å². The maximum absolute atomic E-state index is 7.32. The lowest BCUT2D eigenvalue weighted by Crippen LogP contribution is -2.19. The summed E-state index contributed by atoms with van der Waals surface area (Å²) < 4.78 is 5.55. The molecule has 0 saturated carbocycles. The van der Waals surface area contributed by atoms with Crippen molar-refractivity contribution in [1.29, 1.82) is 5.41 Å². The topological polar surface area (TPSA) is 84.9 Å². The molecule has 0 spiro atoms. The number of aromatic nitrogens is 2. The molecule has 1 aromatic rings. The Morgan fingerprint density at radius 1 is 1.53 bits per heavy atom. The molecule has 5 heteroatoms. The van der Waals surface area contributed by atoms with Crippen molar-refractivity contribution in [3.63, 3.8) is 0 Å². The fourth-order valence-corrected chi connectivity index (χ4v) is 1.25. The van der Waals surface area contributed by atoms with Crippen LogP contribution in [0.15, 0.2) is 12.4 Å². The van der Waals surface area contributed by atoms with Crippen LogP contribution in [-0.2, 0) is 0 Å². The first kappa shape index (κ1) is 11.4. The number of nitrogens with zero attached hydrogens (tertiary/aromatic N) is 2. The molecule has 15 heavy (non-hydrogen) atoms. The lowest BCUT2D eigenvalue weighted by atomic mass is 10.2. The molecule has 3 N–H and O–H groups in total. The molecule has 5 nitrogen and oxygen atoms in total. The molecule has 0 amide bonds. The molecule has 1 aromatic heterocycles. The zero-order valence-electron chi connectivity index (χ0n) is 9.03. The number of hydrogen-bond acceptors (Lipinski definition) is 4. The van der Waals surface area contributed by atoms with E-state index >= 15 is 0 Å². The molecule has 0 aliphatic heterocycles. The molecule has 0 fully saturated rings. The van der Waals surface area contributed by atoms with Crippen LogP contribution in [-0.4, -0.2) is 21.9 Å². The predicted octanol–water partition coefficient (Wildman–Crippen LogP) is 1.33. The minimum absolute atomic E-state index is 0.0600. The maximum atomic E-state index is 7.32. The third-order valence-electron chi connectivity index (χ3n) is 1.93. The first-order chi connectivity index (χ1) is 7.15. The molecular weight excluding hydrogens is 192 g/mol. The van der Waals surface area contributed by atoms with Gasteiger partial charge in [-0.2, -0.15) is 0 Å². The summed E-state index contributed by atoms with van der Waals surface area (Å²) >= 11 is 0. The summed E-state index contributed by atoms with van der Waals surface area (Å²) in [6.07, 6.45) is 5.06. The molecule has 1 heterocycles. The minimum atomic E-state index is -0.123. The van der Waals surface area contributed by atoms with E-state index in [1.165, 1.54) is 12.4 Å². The number of amidine groups is 1. The van der Waals surface area contributed by atoms with Crippen LogP contribution in [0.3, 0.4) is 0 Å². The second-order valence-electron chi connectivity index (χ2n) is 3.34. The van der Waals surface area contributed by atoms with Gasteiger partial charge in [-0.25, -0.2) is 9.97 Å². The number of nitrogens with two attached hydrogens (primary N) is 1. The van der Waals surface area contributed by atoms with Crippen molar-refractivity contribution in [1.82, 2.24) is 9.97 Å². The second kappa shape index (κ2) is 5.29. The second-order valence-corrected chi connectivity index (χ2v) is 3.34. The van der Waals surface area contributed by atoms with E-state index in [4.69, 9.17) is 15.9 Å². The molecular formula is C10H16N4O. The summed E-state index contributed by atoms with van der Waals surface area (Å²) in [5.74, 6) is 0.216. The van der Waals surface area contributed by atoms with Gasteiger partial charge in [0.15, 0.2) is 5.69 Å². The average molecular weight is 208 g/mol. The molecule has 0 aliphatic carbocycles. The Hall–Kier alpha value is -1.65. The van der Waals surface area contributed by atoms with E-state index in [0.29, 0.717) is 11.6 Å². The molecule has 1 rings (SSSR count). The Labute approximate surface area is 89.2 Å². The largest absolute Gasteiger partial charge is 0.473 e. The Balaban J connectivity index is 2.79. The van der Waals surface area contributed by atoms with E-state index in [-0.39, 0.29) is 11.9 Å². The third kappa shape index (κ3) is 3.19. The van der Waals surface area contributed by atoms with Crippen LogP contribution in [0, 0.1) is 5.41 Å². The van der Waals surface area contributed by atoms with Crippen molar-refractivity contribution in [3.05, 3.63) is 18.1 Å². The van der Waals surface area contributed by atoms with Gasteiger partial charge in [0.05, 0.1) is 6.10 Å². The number of ether oxygens (including phenoxy) is 1. The first-order valence-corrected chi connectivity index (χ1v) is 4.97. The number of nitrogen functional groups attached to an aromatic ring is 1. The third-order valence-corrected chi connectivity index (χ3v) is 1.93. The van der Waals surface area contributed by atoms with Gasteiger partial charge in [-0.1, -0.05) is 13.3 Å². The molecule has 0 aromatic carbocycles. The Morgan fingerprint density at radius 3 is 2.80 bits per heavy atom. The Kier molecular flexibility index (Phi) is 4.03. The monoisotopic (exact) mass is 208 g/mol. The molecule has 0 bridgehead atoms. The van der Waals surface area contributed by atoms with Gasteiger partial charge >= 0.3 is 0 Å². The van der Waals surface area contributed by atoms with E-state index in [9.17, 15) is 0 Å². The van der Waals surface area contributed by atoms with E-state index in [0.717, 1.165) is 12.8 Å². The van der Waals surface area contributed by atoms with Gasteiger partial charge in [-0.15, -0.1) is 0 Å². The highest BCUT2D eigenvalue weighted by Crippen LogP contribution is 2.14. The molecule has 0 saturated heterocycles. The zero-order chi connectivity index (χ0) is 11.3. The van der Waals surface area contributed by atoms with Gasteiger partial charge in [0.2, 0.25) is 5.88 Å². The van der Waals surface area contributed by atoms with Crippen molar-refractivity contribution in [2.45, 2.75) is 32.8 Å². The minimum Gasteiger partial charge on any atom is -0.473 e. The first-order valence-electron chi connectivity index (χ1n) is 4.97. The highest BCUT2D eigenvalue weighted by atomic mass is 16.5. The van der Waals surface area contributed by atoms with Crippen LogP contribution < -0.4 is 10.5 Å². The molecule has 82 valence electrons. The van der Waals surface area contributed by atoms with Gasteiger partial charge in [-0.05, 0) is 13.3 Å². The molecule has 1 atom stereocenters. The van der Waals surface area contributed by atoms with E-state index < -0.39 is 0 Å². The highest BCUT2D eigenvalue weighted by molar-refractivity contribution is 5.94. The van der Waals surface area contributed by atoms with Gasteiger partial charge < -0.3 is 10.5 Å². The van der Waals surface area contributed by atoms with E-state index in [2.05, 4.69) is 16.9 Å².